The quantitative estimate of drug-likeness (QED) is 0.876. The highest BCUT2D eigenvalue weighted by Crippen LogP contribution is 2.30. The number of carbonyl (C=O) groups excluding carboxylic acids is 1. The van der Waals surface area contributed by atoms with E-state index in [4.69, 9.17) is 14.2 Å². The lowest BCUT2D eigenvalue weighted by molar-refractivity contribution is 0.0172. The summed E-state index contributed by atoms with van der Waals surface area (Å²) in [4.78, 5) is 14.1. The van der Waals surface area contributed by atoms with Crippen molar-refractivity contribution in [2.75, 3.05) is 39.2 Å². The Labute approximate surface area is 150 Å². The average molecular weight is 350 g/mol. The first kappa shape index (κ1) is 19.2. The van der Waals surface area contributed by atoms with Gasteiger partial charge >= 0.3 is 6.09 Å². The van der Waals surface area contributed by atoms with Gasteiger partial charge in [0.25, 0.3) is 0 Å². The molecule has 6 nitrogen and oxygen atoms in total. The number of ether oxygens (including phenoxy) is 3. The van der Waals surface area contributed by atoms with Gasteiger partial charge < -0.3 is 24.4 Å². The maximum atomic E-state index is 12.2. The number of hydrogen-bond donors (Lipinski definition) is 1. The Kier molecular flexibility index (Phi) is 6.39. The molecule has 25 heavy (non-hydrogen) atoms. The molecule has 1 aliphatic heterocycles. The van der Waals surface area contributed by atoms with Crippen LogP contribution < -0.4 is 14.8 Å². The van der Waals surface area contributed by atoms with Crippen molar-refractivity contribution in [1.82, 2.24) is 4.90 Å². The van der Waals surface area contributed by atoms with Gasteiger partial charge in [-0.1, -0.05) is 0 Å². The fourth-order valence-corrected chi connectivity index (χ4v) is 2.93. The van der Waals surface area contributed by atoms with Gasteiger partial charge in [0.15, 0.2) is 11.5 Å². The minimum Gasteiger partial charge on any atom is -0.493 e. The molecule has 0 aromatic heterocycles. The standard InChI is InChI=1S/C19H30N2O4/c1-19(2,3)25-18(22)21-10-6-7-14(13-21)12-20-15-8-9-16(23-4)17(11-15)24-5/h8-9,11,14,20H,6-7,10,12-13H2,1-5H3. The van der Waals surface area contributed by atoms with Crippen LogP contribution in [-0.2, 0) is 4.74 Å². The van der Waals surface area contributed by atoms with Crippen molar-refractivity contribution in [2.45, 2.75) is 39.2 Å². The van der Waals surface area contributed by atoms with E-state index >= 15 is 0 Å². The third kappa shape index (κ3) is 5.73. The summed E-state index contributed by atoms with van der Waals surface area (Å²) in [7, 11) is 3.25. The summed E-state index contributed by atoms with van der Waals surface area (Å²) in [5.74, 6) is 1.81. The van der Waals surface area contributed by atoms with E-state index in [9.17, 15) is 4.79 Å². The molecule has 0 radical (unpaired) electrons. The van der Waals surface area contributed by atoms with E-state index in [0.717, 1.165) is 38.2 Å². The van der Waals surface area contributed by atoms with E-state index in [-0.39, 0.29) is 6.09 Å². The van der Waals surface area contributed by atoms with Crippen LogP contribution in [0.2, 0.25) is 0 Å². The molecule has 1 atom stereocenters. The first-order chi connectivity index (χ1) is 11.8. The highest BCUT2D eigenvalue weighted by atomic mass is 16.6. The minimum atomic E-state index is -0.456. The van der Waals surface area contributed by atoms with Crippen LogP contribution in [0, 0.1) is 5.92 Å². The van der Waals surface area contributed by atoms with E-state index in [2.05, 4.69) is 5.32 Å². The zero-order valence-corrected chi connectivity index (χ0v) is 15.9. The Bertz CT molecular complexity index is 583. The molecule has 1 aromatic carbocycles. The second-order valence-corrected chi connectivity index (χ2v) is 7.39. The number of anilines is 1. The first-order valence-electron chi connectivity index (χ1n) is 8.76. The van der Waals surface area contributed by atoms with Gasteiger partial charge in [-0.3, -0.25) is 0 Å². The van der Waals surface area contributed by atoms with Crippen molar-refractivity contribution in [3.8, 4) is 11.5 Å². The number of carbonyl (C=O) groups is 1. The molecule has 0 saturated carbocycles. The summed E-state index contributed by atoms with van der Waals surface area (Å²) in [6.07, 6.45) is 1.88. The van der Waals surface area contributed by atoms with E-state index in [0.29, 0.717) is 17.4 Å². The van der Waals surface area contributed by atoms with Crippen molar-refractivity contribution in [2.24, 2.45) is 5.92 Å². The molecule has 0 spiro atoms. The first-order valence-corrected chi connectivity index (χ1v) is 8.76. The SMILES string of the molecule is COc1ccc(NCC2CCCN(C(=O)OC(C)(C)C)C2)cc1OC. The van der Waals surface area contributed by atoms with E-state index in [1.807, 2.05) is 43.9 Å². The van der Waals surface area contributed by atoms with Gasteiger partial charge in [-0.2, -0.15) is 0 Å². The average Bonchev–Trinajstić information content (AvgIpc) is 2.58. The van der Waals surface area contributed by atoms with E-state index in [1.54, 1.807) is 14.2 Å². The largest absolute Gasteiger partial charge is 0.493 e. The molecular weight excluding hydrogens is 320 g/mol. The summed E-state index contributed by atoms with van der Waals surface area (Å²) in [5.41, 5.74) is 0.522. The predicted octanol–water partition coefficient (Wildman–Crippen LogP) is 3.76. The van der Waals surface area contributed by atoms with Gasteiger partial charge in [-0.15, -0.1) is 0 Å². The predicted molar refractivity (Wildman–Crippen MR) is 98.6 cm³/mol. The van der Waals surface area contributed by atoms with Crippen LogP contribution in [0.3, 0.4) is 0 Å². The Morgan fingerprint density at radius 1 is 1.24 bits per heavy atom. The van der Waals surface area contributed by atoms with Crippen LogP contribution in [0.1, 0.15) is 33.6 Å². The summed E-state index contributed by atoms with van der Waals surface area (Å²) >= 11 is 0. The lowest BCUT2D eigenvalue weighted by Crippen LogP contribution is -2.44. The van der Waals surface area contributed by atoms with Gasteiger partial charge in [0.1, 0.15) is 5.60 Å². The number of nitrogens with one attached hydrogen (secondary N) is 1. The summed E-state index contributed by atoms with van der Waals surface area (Å²) < 4.78 is 16.1. The molecule has 1 aliphatic rings. The van der Waals surface area contributed by atoms with Gasteiger partial charge in [-0.05, 0) is 51.7 Å². The molecule has 1 saturated heterocycles. The Morgan fingerprint density at radius 2 is 1.96 bits per heavy atom. The van der Waals surface area contributed by atoms with Gasteiger partial charge in [0.05, 0.1) is 14.2 Å². The number of amides is 1. The maximum Gasteiger partial charge on any atom is 0.410 e. The lowest BCUT2D eigenvalue weighted by Gasteiger charge is -2.34. The van der Waals surface area contributed by atoms with E-state index < -0.39 is 5.60 Å². The molecule has 1 N–H and O–H groups in total. The molecule has 0 bridgehead atoms. The fourth-order valence-electron chi connectivity index (χ4n) is 2.93. The molecule has 1 unspecified atom stereocenters. The summed E-state index contributed by atoms with van der Waals surface area (Å²) in [5, 5.41) is 3.43. The number of likely N-dealkylation sites (tertiary alicyclic amines) is 1. The lowest BCUT2D eigenvalue weighted by atomic mass is 9.98. The molecular formula is C19H30N2O4. The smallest absolute Gasteiger partial charge is 0.410 e. The number of benzene rings is 1. The van der Waals surface area contributed by atoms with Crippen molar-refractivity contribution >= 4 is 11.8 Å². The van der Waals surface area contributed by atoms with Crippen molar-refractivity contribution in [3.05, 3.63) is 18.2 Å². The molecule has 1 fully saturated rings. The minimum absolute atomic E-state index is 0.219. The maximum absolute atomic E-state index is 12.2. The molecule has 6 heteroatoms. The highest BCUT2D eigenvalue weighted by molar-refractivity contribution is 5.68. The Balaban J connectivity index is 1.89. The third-order valence-corrected chi connectivity index (χ3v) is 4.15. The van der Waals surface area contributed by atoms with Gasteiger partial charge in [-0.25, -0.2) is 4.79 Å². The topological polar surface area (TPSA) is 60.0 Å². The molecule has 1 aromatic rings. The van der Waals surface area contributed by atoms with Crippen LogP contribution in [0.25, 0.3) is 0 Å². The Morgan fingerprint density at radius 3 is 2.60 bits per heavy atom. The fraction of sp³-hybridized carbons (Fsp3) is 0.632. The number of nitrogens with zero attached hydrogens (tertiary/aromatic N) is 1. The second-order valence-electron chi connectivity index (χ2n) is 7.39. The summed E-state index contributed by atoms with van der Waals surface area (Å²) in [6, 6.07) is 5.78. The van der Waals surface area contributed by atoms with Crippen LogP contribution in [0.5, 0.6) is 11.5 Å². The number of piperidine rings is 1. The van der Waals surface area contributed by atoms with Crippen LogP contribution in [0.15, 0.2) is 18.2 Å². The molecule has 140 valence electrons. The van der Waals surface area contributed by atoms with E-state index in [1.165, 1.54) is 0 Å². The van der Waals surface area contributed by atoms with Crippen molar-refractivity contribution < 1.29 is 19.0 Å². The number of hydrogen-bond acceptors (Lipinski definition) is 5. The normalized spacial score (nSPS) is 17.8. The van der Waals surface area contributed by atoms with Crippen LogP contribution >= 0.6 is 0 Å². The second kappa shape index (κ2) is 8.32. The summed E-state index contributed by atoms with van der Waals surface area (Å²) in [6.45, 7) is 7.96. The molecule has 0 aliphatic carbocycles. The zero-order chi connectivity index (χ0) is 18.4. The number of methoxy groups -OCH3 is 2. The van der Waals surface area contributed by atoms with Gasteiger partial charge in [0.2, 0.25) is 0 Å². The third-order valence-electron chi connectivity index (χ3n) is 4.15. The van der Waals surface area contributed by atoms with Crippen LogP contribution in [-0.4, -0.2) is 50.4 Å². The number of rotatable bonds is 5. The van der Waals surface area contributed by atoms with Crippen LogP contribution in [0.4, 0.5) is 10.5 Å². The molecule has 2 rings (SSSR count). The van der Waals surface area contributed by atoms with Crippen molar-refractivity contribution in [3.63, 3.8) is 0 Å². The van der Waals surface area contributed by atoms with Gasteiger partial charge in [0, 0.05) is 31.4 Å². The molecule has 1 heterocycles. The highest BCUT2D eigenvalue weighted by Gasteiger charge is 2.27. The zero-order valence-electron chi connectivity index (χ0n) is 15.9. The Hall–Kier alpha value is -2.11. The van der Waals surface area contributed by atoms with Crippen molar-refractivity contribution in [1.29, 1.82) is 0 Å². The molecule has 1 amide bonds. The monoisotopic (exact) mass is 350 g/mol.